The fourth-order valence-electron chi connectivity index (χ4n) is 2.53. The van der Waals surface area contributed by atoms with E-state index in [2.05, 4.69) is 4.74 Å². The number of ether oxygens (including phenoxy) is 1. The maximum atomic E-state index is 13.9. The van der Waals surface area contributed by atoms with Gasteiger partial charge in [0.25, 0.3) is 5.91 Å². The Kier molecular flexibility index (Phi) is 4.90. The van der Waals surface area contributed by atoms with E-state index in [1.807, 2.05) is 5.32 Å². The molecular formula is C15H15F3N2O5S. The molecule has 0 spiro atoms. The number of carbonyl (C=O) groups excluding carboxylic acids is 2. The molecule has 1 aliphatic rings. The molecule has 1 amide bonds. The maximum absolute atomic E-state index is 13.9. The number of hydrogen-bond donors (Lipinski definition) is 2. The van der Waals surface area contributed by atoms with E-state index >= 15 is 0 Å². The van der Waals surface area contributed by atoms with Crippen LogP contribution in [0.3, 0.4) is 0 Å². The minimum Gasteiger partial charge on any atom is -0.466 e. The lowest BCUT2D eigenvalue weighted by Gasteiger charge is -2.31. The Bertz CT molecular complexity index is 891. The quantitative estimate of drug-likeness (QED) is 0.749. The second kappa shape index (κ2) is 6.40. The third-order valence-electron chi connectivity index (χ3n) is 3.83. The normalized spacial score (nSPS) is 20.9. The molecule has 1 atom stereocenters. The molecule has 2 rings (SSSR count). The highest BCUT2D eigenvalue weighted by Gasteiger charge is 2.69. The van der Waals surface area contributed by atoms with Crippen molar-refractivity contribution in [3.63, 3.8) is 0 Å². The molecule has 0 aromatic heterocycles. The summed E-state index contributed by atoms with van der Waals surface area (Å²) in [7, 11) is -3.99. The second-order valence-corrected chi connectivity index (χ2v) is 7.29. The zero-order chi connectivity index (χ0) is 19.9. The fraction of sp³-hybridized carbons (Fsp3) is 0.333. The number of methoxy groups -OCH3 is 1. The van der Waals surface area contributed by atoms with Gasteiger partial charge < -0.3 is 10.1 Å². The first-order valence-corrected chi connectivity index (χ1v) is 8.63. The van der Waals surface area contributed by atoms with Crippen LogP contribution in [0.1, 0.15) is 12.5 Å². The molecule has 11 heteroatoms. The van der Waals surface area contributed by atoms with Crippen molar-refractivity contribution in [2.45, 2.75) is 30.5 Å². The first-order chi connectivity index (χ1) is 11.9. The number of rotatable bonds is 4. The van der Waals surface area contributed by atoms with Crippen LogP contribution in [0.4, 0.5) is 13.2 Å². The van der Waals surface area contributed by atoms with E-state index < -0.39 is 49.8 Å². The largest absolute Gasteiger partial charge is 0.466 e. The first kappa shape index (κ1) is 19.9. The molecule has 0 fully saturated rings. The van der Waals surface area contributed by atoms with Crippen molar-refractivity contribution in [3.05, 3.63) is 41.1 Å². The molecule has 0 radical (unpaired) electrons. The molecule has 1 heterocycles. The van der Waals surface area contributed by atoms with Crippen LogP contribution >= 0.6 is 0 Å². The molecule has 1 aromatic carbocycles. The summed E-state index contributed by atoms with van der Waals surface area (Å²) in [5.74, 6) is -3.22. The smallest absolute Gasteiger partial charge is 0.421 e. The Labute approximate surface area is 147 Å². The van der Waals surface area contributed by atoms with E-state index in [4.69, 9.17) is 0 Å². The van der Waals surface area contributed by atoms with Crippen LogP contribution in [0.15, 0.2) is 40.4 Å². The summed E-state index contributed by atoms with van der Waals surface area (Å²) in [4.78, 5) is 23.5. The lowest BCUT2D eigenvalue weighted by molar-refractivity contribution is -0.186. The number of aryl methyl sites for hydroxylation is 1. The Morgan fingerprint density at radius 2 is 1.73 bits per heavy atom. The number of sulfonamides is 1. The van der Waals surface area contributed by atoms with E-state index in [-0.39, 0.29) is 0 Å². The molecular weight excluding hydrogens is 377 g/mol. The van der Waals surface area contributed by atoms with Crippen molar-refractivity contribution < 1.29 is 35.9 Å². The summed E-state index contributed by atoms with van der Waals surface area (Å²) in [6, 6.07) is 4.93. The Hall–Kier alpha value is -2.40. The summed E-state index contributed by atoms with van der Waals surface area (Å²) >= 11 is 0. The average Bonchev–Trinajstić information content (AvgIpc) is 2.77. The predicted octanol–water partition coefficient (Wildman–Crippen LogP) is 1.15. The van der Waals surface area contributed by atoms with Gasteiger partial charge in [0.2, 0.25) is 15.6 Å². The highest BCUT2D eigenvalue weighted by atomic mass is 32.2. The van der Waals surface area contributed by atoms with Gasteiger partial charge in [-0.2, -0.15) is 17.9 Å². The summed E-state index contributed by atoms with van der Waals surface area (Å²) in [6.07, 6.45) is -5.45. The van der Waals surface area contributed by atoms with E-state index in [9.17, 15) is 31.2 Å². The van der Waals surface area contributed by atoms with Crippen LogP contribution in [0.5, 0.6) is 0 Å². The molecule has 142 valence electrons. The zero-order valence-electron chi connectivity index (χ0n) is 13.9. The average molecular weight is 392 g/mol. The zero-order valence-corrected chi connectivity index (χ0v) is 14.7. The van der Waals surface area contributed by atoms with Crippen LogP contribution in [0, 0.1) is 6.92 Å². The molecule has 0 saturated carbocycles. The number of benzene rings is 1. The molecule has 1 aliphatic heterocycles. The van der Waals surface area contributed by atoms with E-state index in [0.29, 0.717) is 5.56 Å². The van der Waals surface area contributed by atoms with Gasteiger partial charge in [0.05, 0.1) is 17.6 Å². The minimum absolute atomic E-state index is 0.453. The lowest BCUT2D eigenvalue weighted by atomic mass is 9.91. The van der Waals surface area contributed by atoms with Gasteiger partial charge in [-0.3, -0.25) is 4.79 Å². The Balaban J connectivity index is 2.67. The van der Waals surface area contributed by atoms with Gasteiger partial charge in [-0.1, -0.05) is 17.7 Å². The van der Waals surface area contributed by atoms with Gasteiger partial charge in [0.15, 0.2) is 0 Å². The summed E-state index contributed by atoms with van der Waals surface area (Å²) < 4.78 is 72.3. The number of halogens is 3. The molecule has 26 heavy (non-hydrogen) atoms. The Morgan fingerprint density at radius 1 is 1.19 bits per heavy atom. The SMILES string of the molecule is COC(=O)C1=C(C)NC(=O)[C@@]1(NS(=O)(=O)c1ccc(C)cc1)C(F)(F)F. The number of alkyl halides is 3. The van der Waals surface area contributed by atoms with Gasteiger partial charge in [0, 0.05) is 5.70 Å². The topological polar surface area (TPSA) is 102 Å². The Morgan fingerprint density at radius 3 is 2.19 bits per heavy atom. The molecule has 0 bridgehead atoms. The minimum atomic E-state index is -5.45. The van der Waals surface area contributed by atoms with Crippen molar-refractivity contribution in [2.24, 2.45) is 0 Å². The highest BCUT2D eigenvalue weighted by molar-refractivity contribution is 7.89. The van der Waals surface area contributed by atoms with E-state index in [1.54, 1.807) is 6.92 Å². The van der Waals surface area contributed by atoms with Gasteiger partial charge in [-0.05, 0) is 26.0 Å². The maximum Gasteiger partial charge on any atom is 0.421 e. The predicted molar refractivity (Wildman–Crippen MR) is 83.1 cm³/mol. The van der Waals surface area contributed by atoms with Crippen LogP contribution in [0.2, 0.25) is 0 Å². The standard InChI is InChI=1S/C15H15F3N2O5S/c1-8-4-6-10(7-5-8)26(23,24)20-14(15(16,17)18)11(12(21)25-3)9(2)19-13(14)22/h4-7,20H,1-3H3,(H,19,22)/t14-/m1/s1. The number of esters is 1. The third kappa shape index (κ3) is 3.07. The van der Waals surface area contributed by atoms with Gasteiger partial charge in [-0.25, -0.2) is 13.2 Å². The van der Waals surface area contributed by atoms with E-state index in [1.165, 1.54) is 16.9 Å². The number of amides is 1. The van der Waals surface area contributed by atoms with Gasteiger partial charge in [0.1, 0.15) is 0 Å². The third-order valence-corrected chi connectivity index (χ3v) is 5.29. The van der Waals surface area contributed by atoms with Crippen LogP contribution < -0.4 is 10.0 Å². The van der Waals surface area contributed by atoms with Gasteiger partial charge >= 0.3 is 12.1 Å². The summed E-state index contributed by atoms with van der Waals surface area (Å²) in [5.41, 5.74) is -4.73. The highest BCUT2D eigenvalue weighted by Crippen LogP contribution is 2.42. The molecule has 0 saturated heterocycles. The second-order valence-electron chi connectivity index (χ2n) is 5.61. The molecule has 0 unspecified atom stereocenters. The van der Waals surface area contributed by atoms with Gasteiger partial charge in [-0.15, -0.1) is 0 Å². The van der Waals surface area contributed by atoms with E-state index in [0.717, 1.165) is 26.2 Å². The molecule has 2 N–H and O–H groups in total. The van der Waals surface area contributed by atoms with Crippen molar-refractivity contribution in [1.29, 1.82) is 0 Å². The molecule has 7 nitrogen and oxygen atoms in total. The van der Waals surface area contributed by atoms with Crippen molar-refractivity contribution in [3.8, 4) is 0 Å². The first-order valence-electron chi connectivity index (χ1n) is 7.15. The number of hydrogen-bond acceptors (Lipinski definition) is 5. The van der Waals surface area contributed by atoms with Crippen molar-refractivity contribution >= 4 is 21.9 Å². The fourth-order valence-corrected chi connectivity index (χ4v) is 3.86. The summed E-state index contributed by atoms with van der Waals surface area (Å²) in [5, 5.41) is 1.86. The number of nitrogens with one attached hydrogen (secondary N) is 2. The molecule has 1 aromatic rings. The summed E-state index contributed by atoms with van der Waals surface area (Å²) in [6.45, 7) is 2.70. The van der Waals surface area contributed by atoms with Crippen LogP contribution in [-0.4, -0.2) is 39.1 Å². The molecule has 0 aliphatic carbocycles. The number of carbonyl (C=O) groups is 2. The van der Waals surface area contributed by atoms with Crippen molar-refractivity contribution in [1.82, 2.24) is 10.0 Å². The lowest BCUT2D eigenvalue weighted by Crippen LogP contribution is -2.65. The van der Waals surface area contributed by atoms with Crippen LogP contribution in [0.25, 0.3) is 0 Å². The van der Waals surface area contributed by atoms with Crippen LogP contribution in [-0.2, 0) is 24.3 Å². The monoisotopic (exact) mass is 392 g/mol. The van der Waals surface area contributed by atoms with Crippen molar-refractivity contribution in [2.75, 3.05) is 7.11 Å². The number of allylic oxidation sites excluding steroid dienone is 1.